The molecule has 0 unspecified atom stereocenters. The van der Waals surface area contributed by atoms with Crippen LogP contribution in [0.5, 0.6) is 0 Å². The number of benzene rings is 1. The van der Waals surface area contributed by atoms with E-state index in [0.29, 0.717) is 6.54 Å². The summed E-state index contributed by atoms with van der Waals surface area (Å²) in [6, 6.07) is 9.44. The Morgan fingerprint density at radius 2 is 1.94 bits per heavy atom. The molecule has 0 fully saturated rings. The van der Waals surface area contributed by atoms with Crippen LogP contribution < -0.4 is 10.5 Å². The summed E-state index contributed by atoms with van der Waals surface area (Å²) in [7, 11) is 3.77. The lowest BCUT2D eigenvalue weighted by Gasteiger charge is -2.12. The molecule has 1 heterocycles. The molecule has 18 heavy (non-hydrogen) atoms. The van der Waals surface area contributed by atoms with E-state index in [0.717, 1.165) is 15.7 Å². The minimum atomic E-state index is -0.0934. The third-order valence-electron chi connectivity index (χ3n) is 2.62. The summed E-state index contributed by atoms with van der Waals surface area (Å²) >= 11 is 3.38. The summed E-state index contributed by atoms with van der Waals surface area (Å²) in [4.78, 5) is 13.7. The topological polar surface area (TPSA) is 38.1 Å². The lowest BCUT2D eigenvalue weighted by molar-refractivity contribution is 0.638. The van der Waals surface area contributed by atoms with Gasteiger partial charge in [0, 0.05) is 24.6 Å². The van der Waals surface area contributed by atoms with Gasteiger partial charge in [0.05, 0.1) is 18.4 Å². The van der Waals surface area contributed by atoms with Gasteiger partial charge in [0.1, 0.15) is 0 Å². The lowest BCUT2D eigenvalue weighted by atomic mass is 10.2. The predicted molar refractivity (Wildman–Crippen MR) is 76.1 cm³/mol. The van der Waals surface area contributed by atoms with Crippen molar-refractivity contribution in [2.24, 2.45) is 0 Å². The normalized spacial score (nSPS) is 10.4. The zero-order valence-electron chi connectivity index (χ0n) is 10.3. The highest BCUT2D eigenvalue weighted by molar-refractivity contribution is 9.10. The third-order valence-corrected chi connectivity index (χ3v) is 3.15. The average molecular weight is 308 g/mol. The van der Waals surface area contributed by atoms with E-state index in [1.54, 1.807) is 12.3 Å². The van der Waals surface area contributed by atoms with Gasteiger partial charge in [0.2, 0.25) is 0 Å². The number of nitrogens with zero attached hydrogens (tertiary/aromatic N) is 3. The van der Waals surface area contributed by atoms with Crippen LogP contribution in [0.25, 0.3) is 0 Å². The molecular weight excluding hydrogens is 294 g/mol. The number of hydrogen-bond donors (Lipinski definition) is 0. The molecule has 5 heteroatoms. The molecule has 0 saturated carbocycles. The molecule has 0 aliphatic rings. The molecule has 0 amide bonds. The molecule has 94 valence electrons. The van der Waals surface area contributed by atoms with Crippen LogP contribution in [0.15, 0.2) is 45.8 Å². The smallest absolute Gasteiger partial charge is 0.269 e. The fraction of sp³-hybridized carbons (Fsp3) is 0.231. The van der Waals surface area contributed by atoms with Crippen LogP contribution in [0.3, 0.4) is 0 Å². The van der Waals surface area contributed by atoms with Crippen LogP contribution in [-0.4, -0.2) is 23.9 Å². The van der Waals surface area contributed by atoms with Crippen LogP contribution in [0, 0.1) is 0 Å². The highest BCUT2D eigenvalue weighted by Gasteiger charge is 2.02. The van der Waals surface area contributed by atoms with E-state index in [9.17, 15) is 4.79 Å². The minimum Gasteiger partial charge on any atom is -0.376 e. The van der Waals surface area contributed by atoms with E-state index in [1.807, 2.05) is 43.3 Å². The van der Waals surface area contributed by atoms with E-state index in [1.165, 1.54) is 4.68 Å². The van der Waals surface area contributed by atoms with Gasteiger partial charge in [0.25, 0.3) is 5.56 Å². The molecule has 0 atom stereocenters. The Labute approximate surface area is 114 Å². The van der Waals surface area contributed by atoms with E-state index in [-0.39, 0.29) is 5.56 Å². The van der Waals surface area contributed by atoms with Gasteiger partial charge in [-0.05, 0) is 17.7 Å². The third kappa shape index (κ3) is 2.98. The lowest BCUT2D eigenvalue weighted by Crippen LogP contribution is -2.24. The van der Waals surface area contributed by atoms with Gasteiger partial charge in [-0.15, -0.1) is 0 Å². The van der Waals surface area contributed by atoms with Crippen molar-refractivity contribution < 1.29 is 0 Å². The molecule has 0 radical (unpaired) electrons. The number of halogens is 1. The van der Waals surface area contributed by atoms with Crippen LogP contribution in [0.1, 0.15) is 5.56 Å². The molecule has 0 aliphatic heterocycles. The van der Waals surface area contributed by atoms with Crippen molar-refractivity contribution in [3.05, 3.63) is 56.9 Å². The summed E-state index contributed by atoms with van der Waals surface area (Å²) < 4.78 is 2.48. The second-order valence-electron chi connectivity index (χ2n) is 4.23. The summed E-state index contributed by atoms with van der Waals surface area (Å²) in [6.07, 6.45) is 1.69. The fourth-order valence-corrected chi connectivity index (χ4v) is 1.81. The Bertz CT molecular complexity index is 590. The van der Waals surface area contributed by atoms with Gasteiger partial charge in [-0.25, -0.2) is 4.68 Å². The molecule has 4 nitrogen and oxygen atoms in total. The number of rotatable bonds is 3. The predicted octanol–water partition coefficient (Wildman–Crippen LogP) is 2.12. The van der Waals surface area contributed by atoms with Crippen molar-refractivity contribution in [3.63, 3.8) is 0 Å². The summed E-state index contributed by atoms with van der Waals surface area (Å²) in [5.41, 5.74) is 1.77. The molecular formula is C13H14BrN3O. The Morgan fingerprint density at radius 3 is 2.50 bits per heavy atom. The molecule has 0 N–H and O–H groups in total. The maximum absolute atomic E-state index is 11.9. The largest absolute Gasteiger partial charge is 0.376 e. The van der Waals surface area contributed by atoms with Crippen LogP contribution in [0.2, 0.25) is 0 Å². The van der Waals surface area contributed by atoms with Crippen LogP contribution in [-0.2, 0) is 6.54 Å². The van der Waals surface area contributed by atoms with Gasteiger partial charge in [-0.2, -0.15) is 5.10 Å². The molecule has 1 aromatic carbocycles. The quantitative estimate of drug-likeness (QED) is 0.872. The van der Waals surface area contributed by atoms with Gasteiger partial charge in [0.15, 0.2) is 0 Å². The first-order valence-electron chi connectivity index (χ1n) is 5.55. The zero-order chi connectivity index (χ0) is 13.1. The van der Waals surface area contributed by atoms with Crippen molar-refractivity contribution in [3.8, 4) is 0 Å². The highest BCUT2D eigenvalue weighted by Crippen LogP contribution is 2.11. The maximum Gasteiger partial charge on any atom is 0.269 e. The van der Waals surface area contributed by atoms with Gasteiger partial charge in [-0.3, -0.25) is 4.79 Å². The number of anilines is 1. The van der Waals surface area contributed by atoms with E-state index in [2.05, 4.69) is 21.0 Å². The molecule has 2 rings (SSSR count). The minimum absolute atomic E-state index is 0.0934. The van der Waals surface area contributed by atoms with Crippen molar-refractivity contribution in [1.29, 1.82) is 0 Å². The Balaban J connectivity index is 2.25. The van der Waals surface area contributed by atoms with Gasteiger partial charge < -0.3 is 4.90 Å². The molecule has 2 aromatic rings. The number of aromatic nitrogens is 2. The van der Waals surface area contributed by atoms with Crippen LogP contribution in [0.4, 0.5) is 5.69 Å². The molecule has 0 saturated heterocycles. The van der Waals surface area contributed by atoms with Crippen LogP contribution >= 0.6 is 15.9 Å². The molecule has 0 aliphatic carbocycles. The van der Waals surface area contributed by atoms with E-state index in [4.69, 9.17) is 0 Å². The maximum atomic E-state index is 11.9. The number of hydrogen-bond acceptors (Lipinski definition) is 3. The fourth-order valence-electron chi connectivity index (χ4n) is 1.55. The first-order valence-corrected chi connectivity index (χ1v) is 6.34. The Kier molecular flexibility index (Phi) is 3.81. The Hall–Kier alpha value is -1.62. The average Bonchev–Trinajstić information content (AvgIpc) is 2.34. The van der Waals surface area contributed by atoms with E-state index >= 15 is 0 Å². The summed E-state index contributed by atoms with van der Waals surface area (Å²) in [6.45, 7) is 0.486. The second-order valence-corrected chi connectivity index (χ2v) is 5.15. The standard InChI is InChI=1S/C13H14BrN3O/c1-16(2)12-7-13(18)17(15-8-12)9-10-3-5-11(14)6-4-10/h3-8H,9H2,1-2H3. The SMILES string of the molecule is CN(C)c1cnn(Cc2ccc(Br)cc2)c(=O)c1. The van der Waals surface area contributed by atoms with Crippen molar-refractivity contribution in [1.82, 2.24) is 9.78 Å². The zero-order valence-corrected chi connectivity index (χ0v) is 11.9. The van der Waals surface area contributed by atoms with Gasteiger partial charge in [-0.1, -0.05) is 28.1 Å². The highest BCUT2D eigenvalue weighted by atomic mass is 79.9. The summed E-state index contributed by atoms with van der Waals surface area (Å²) in [5, 5.41) is 4.17. The Morgan fingerprint density at radius 1 is 1.28 bits per heavy atom. The first-order chi connectivity index (χ1) is 8.56. The molecule has 0 bridgehead atoms. The van der Waals surface area contributed by atoms with Crippen molar-refractivity contribution in [2.75, 3.05) is 19.0 Å². The molecule has 1 aromatic heterocycles. The molecule has 0 spiro atoms. The summed E-state index contributed by atoms with van der Waals surface area (Å²) in [5.74, 6) is 0. The van der Waals surface area contributed by atoms with Crippen molar-refractivity contribution >= 4 is 21.6 Å². The second kappa shape index (κ2) is 5.35. The van der Waals surface area contributed by atoms with Crippen molar-refractivity contribution in [2.45, 2.75) is 6.54 Å². The first kappa shape index (κ1) is 12.8. The van der Waals surface area contributed by atoms with Gasteiger partial charge >= 0.3 is 0 Å². The monoisotopic (exact) mass is 307 g/mol. The van der Waals surface area contributed by atoms with E-state index < -0.39 is 0 Å².